The number of tetrazole rings is 1. The van der Waals surface area contributed by atoms with Gasteiger partial charge in [0.2, 0.25) is 0 Å². The molecular formula is C15H13Cl2N5O. The summed E-state index contributed by atoms with van der Waals surface area (Å²) in [5.41, 5.74) is 1.84. The van der Waals surface area contributed by atoms with Gasteiger partial charge in [0, 0.05) is 23.7 Å². The molecule has 0 atom stereocenters. The molecule has 118 valence electrons. The first-order chi connectivity index (χ1) is 11.2. The number of nitrogens with one attached hydrogen (secondary N) is 2. The van der Waals surface area contributed by atoms with Gasteiger partial charge in [-0.2, -0.15) is 0 Å². The molecule has 0 amide bonds. The van der Waals surface area contributed by atoms with E-state index in [1.807, 2.05) is 25.2 Å². The Bertz CT molecular complexity index is 808. The van der Waals surface area contributed by atoms with Gasteiger partial charge < -0.3 is 10.1 Å². The molecule has 2 aromatic carbocycles. The number of halogens is 2. The van der Waals surface area contributed by atoms with Crippen LogP contribution in [-0.2, 0) is 6.54 Å². The van der Waals surface area contributed by atoms with Crippen molar-refractivity contribution < 1.29 is 4.74 Å². The Kier molecular flexibility index (Phi) is 4.76. The van der Waals surface area contributed by atoms with E-state index in [1.165, 1.54) is 0 Å². The summed E-state index contributed by atoms with van der Waals surface area (Å²) in [7, 11) is 1.87. The van der Waals surface area contributed by atoms with Crippen LogP contribution in [0.3, 0.4) is 0 Å². The molecule has 1 heterocycles. The van der Waals surface area contributed by atoms with Crippen LogP contribution in [0, 0.1) is 0 Å². The van der Waals surface area contributed by atoms with Crippen molar-refractivity contribution in [1.29, 1.82) is 0 Å². The fourth-order valence-electron chi connectivity index (χ4n) is 2.10. The average Bonchev–Trinajstić information content (AvgIpc) is 3.07. The highest BCUT2D eigenvalue weighted by molar-refractivity contribution is 6.42. The number of benzene rings is 2. The number of hydrogen-bond acceptors (Lipinski definition) is 5. The summed E-state index contributed by atoms with van der Waals surface area (Å²) in [6.45, 7) is 0.631. The van der Waals surface area contributed by atoms with E-state index in [-0.39, 0.29) is 0 Å². The molecule has 0 spiro atoms. The molecule has 3 aromatic rings. The maximum Gasteiger partial charge on any atom is 0.179 e. The third-order valence-electron chi connectivity index (χ3n) is 3.17. The van der Waals surface area contributed by atoms with Crippen LogP contribution >= 0.6 is 23.2 Å². The van der Waals surface area contributed by atoms with Crippen LogP contribution in [0.5, 0.6) is 11.5 Å². The zero-order valence-electron chi connectivity index (χ0n) is 12.2. The number of ether oxygens (including phenoxy) is 1. The van der Waals surface area contributed by atoms with Crippen LogP contribution in [0.2, 0.25) is 10.0 Å². The maximum absolute atomic E-state index is 6.02. The minimum atomic E-state index is 0.448. The molecule has 6 nitrogen and oxygen atoms in total. The molecule has 0 saturated heterocycles. The van der Waals surface area contributed by atoms with Crippen LogP contribution in [0.15, 0.2) is 36.4 Å². The van der Waals surface area contributed by atoms with Crippen LogP contribution in [-0.4, -0.2) is 27.7 Å². The summed E-state index contributed by atoms with van der Waals surface area (Å²) >= 11 is 11.9. The molecule has 0 aliphatic heterocycles. The van der Waals surface area contributed by atoms with Gasteiger partial charge in [0.25, 0.3) is 0 Å². The predicted molar refractivity (Wildman–Crippen MR) is 88.9 cm³/mol. The molecule has 0 bridgehead atoms. The Morgan fingerprint density at radius 2 is 2.00 bits per heavy atom. The molecule has 23 heavy (non-hydrogen) atoms. The van der Waals surface area contributed by atoms with E-state index in [4.69, 9.17) is 27.9 Å². The maximum atomic E-state index is 6.02. The molecule has 8 heteroatoms. The van der Waals surface area contributed by atoms with Gasteiger partial charge in [-0.15, -0.1) is 5.10 Å². The highest BCUT2D eigenvalue weighted by Gasteiger charge is 2.10. The SMILES string of the molecule is CNCc1cc(-c2nnn[nH]2)ccc1Oc1ccc(Cl)c(Cl)c1. The van der Waals surface area contributed by atoms with E-state index in [2.05, 4.69) is 25.9 Å². The van der Waals surface area contributed by atoms with Crippen molar-refractivity contribution in [2.45, 2.75) is 6.54 Å². The topological polar surface area (TPSA) is 75.7 Å². The highest BCUT2D eigenvalue weighted by atomic mass is 35.5. The Morgan fingerprint density at radius 1 is 1.13 bits per heavy atom. The number of aromatic nitrogens is 4. The Hall–Kier alpha value is -2.15. The van der Waals surface area contributed by atoms with Crippen LogP contribution < -0.4 is 10.1 Å². The van der Waals surface area contributed by atoms with Gasteiger partial charge >= 0.3 is 0 Å². The van der Waals surface area contributed by atoms with Gasteiger partial charge in [-0.25, -0.2) is 5.10 Å². The first kappa shape index (κ1) is 15.7. The van der Waals surface area contributed by atoms with E-state index in [0.29, 0.717) is 33.9 Å². The molecule has 0 radical (unpaired) electrons. The van der Waals surface area contributed by atoms with Gasteiger partial charge in [0.15, 0.2) is 5.82 Å². The molecule has 0 unspecified atom stereocenters. The summed E-state index contributed by atoms with van der Waals surface area (Å²) in [5, 5.41) is 17.9. The second-order valence-corrected chi connectivity index (χ2v) is 5.60. The first-order valence-corrected chi connectivity index (χ1v) is 7.57. The second kappa shape index (κ2) is 6.95. The van der Waals surface area contributed by atoms with Crippen molar-refractivity contribution >= 4 is 23.2 Å². The van der Waals surface area contributed by atoms with Crippen LogP contribution in [0.25, 0.3) is 11.4 Å². The van der Waals surface area contributed by atoms with Crippen molar-refractivity contribution in [1.82, 2.24) is 25.9 Å². The zero-order chi connectivity index (χ0) is 16.2. The predicted octanol–water partition coefficient (Wildman–Crippen LogP) is 3.69. The Balaban J connectivity index is 1.93. The number of H-pyrrole nitrogens is 1. The fourth-order valence-corrected chi connectivity index (χ4v) is 2.39. The van der Waals surface area contributed by atoms with Crippen molar-refractivity contribution in [3.8, 4) is 22.9 Å². The third-order valence-corrected chi connectivity index (χ3v) is 3.90. The van der Waals surface area contributed by atoms with E-state index >= 15 is 0 Å². The largest absolute Gasteiger partial charge is 0.457 e. The minimum Gasteiger partial charge on any atom is -0.457 e. The first-order valence-electron chi connectivity index (χ1n) is 6.82. The quantitative estimate of drug-likeness (QED) is 0.734. The van der Waals surface area contributed by atoms with Gasteiger partial charge in [-0.05, 0) is 47.8 Å². The van der Waals surface area contributed by atoms with Gasteiger partial charge in [0.05, 0.1) is 10.0 Å². The molecule has 1 aromatic heterocycles. The van der Waals surface area contributed by atoms with E-state index in [1.54, 1.807) is 18.2 Å². The van der Waals surface area contributed by atoms with Gasteiger partial charge in [-0.3, -0.25) is 0 Å². The Labute approximate surface area is 142 Å². The summed E-state index contributed by atoms with van der Waals surface area (Å²) < 4.78 is 5.93. The monoisotopic (exact) mass is 349 g/mol. The number of aromatic amines is 1. The molecule has 0 saturated carbocycles. The smallest absolute Gasteiger partial charge is 0.179 e. The van der Waals surface area contributed by atoms with Crippen molar-refractivity contribution in [2.24, 2.45) is 0 Å². The lowest BCUT2D eigenvalue weighted by atomic mass is 10.1. The van der Waals surface area contributed by atoms with E-state index in [9.17, 15) is 0 Å². The standard InChI is InChI=1S/C15H13Cl2N5O/c1-18-8-10-6-9(15-19-21-22-20-15)2-5-14(10)23-11-3-4-12(16)13(17)7-11/h2-7,18H,8H2,1H3,(H,19,20,21,22). The normalized spacial score (nSPS) is 10.7. The molecule has 0 fully saturated rings. The number of hydrogen-bond donors (Lipinski definition) is 2. The number of rotatable bonds is 5. The summed E-state index contributed by atoms with van der Waals surface area (Å²) in [5.74, 6) is 1.93. The molecule has 0 aliphatic rings. The molecular weight excluding hydrogens is 337 g/mol. The average molecular weight is 350 g/mol. The zero-order valence-corrected chi connectivity index (χ0v) is 13.7. The van der Waals surface area contributed by atoms with Crippen LogP contribution in [0.4, 0.5) is 0 Å². The molecule has 2 N–H and O–H groups in total. The summed E-state index contributed by atoms with van der Waals surface area (Å²) in [6, 6.07) is 10.9. The summed E-state index contributed by atoms with van der Waals surface area (Å²) in [6.07, 6.45) is 0. The van der Waals surface area contributed by atoms with Crippen molar-refractivity contribution in [3.05, 3.63) is 52.0 Å². The number of nitrogens with zero attached hydrogens (tertiary/aromatic N) is 3. The van der Waals surface area contributed by atoms with Gasteiger partial charge in [-0.1, -0.05) is 23.2 Å². The lowest BCUT2D eigenvalue weighted by Crippen LogP contribution is -2.06. The Morgan fingerprint density at radius 3 is 2.70 bits per heavy atom. The lowest BCUT2D eigenvalue weighted by Gasteiger charge is -2.12. The molecule has 0 aliphatic carbocycles. The van der Waals surface area contributed by atoms with Crippen molar-refractivity contribution in [2.75, 3.05) is 7.05 Å². The van der Waals surface area contributed by atoms with E-state index < -0.39 is 0 Å². The van der Waals surface area contributed by atoms with Gasteiger partial charge in [0.1, 0.15) is 11.5 Å². The van der Waals surface area contributed by atoms with Crippen LogP contribution in [0.1, 0.15) is 5.56 Å². The highest BCUT2D eigenvalue weighted by Crippen LogP contribution is 2.32. The fraction of sp³-hybridized carbons (Fsp3) is 0.133. The lowest BCUT2D eigenvalue weighted by molar-refractivity contribution is 0.474. The van der Waals surface area contributed by atoms with E-state index in [0.717, 1.165) is 11.1 Å². The minimum absolute atomic E-state index is 0.448. The third kappa shape index (κ3) is 3.61. The molecule has 3 rings (SSSR count). The van der Waals surface area contributed by atoms with Crippen molar-refractivity contribution in [3.63, 3.8) is 0 Å². The summed E-state index contributed by atoms with van der Waals surface area (Å²) in [4.78, 5) is 0. The second-order valence-electron chi connectivity index (χ2n) is 4.78.